The van der Waals surface area contributed by atoms with E-state index in [0.29, 0.717) is 33.7 Å². The van der Waals surface area contributed by atoms with E-state index in [4.69, 9.17) is 9.26 Å². The van der Waals surface area contributed by atoms with E-state index in [-0.39, 0.29) is 5.91 Å². The molecule has 2 aromatic carbocycles. The molecule has 6 heteroatoms. The lowest BCUT2D eigenvalue weighted by Crippen LogP contribution is -2.13. The van der Waals surface area contributed by atoms with Gasteiger partial charge in [0.2, 0.25) is 0 Å². The monoisotopic (exact) mass is 359 g/mol. The molecule has 0 fully saturated rings. The van der Waals surface area contributed by atoms with E-state index in [2.05, 4.69) is 15.5 Å². The van der Waals surface area contributed by atoms with Crippen molar-refractivity contribution in [2.45, 2.75) is 6.92 Å². The zero-order valence-corrected chi connectivity index (χ0v) is 14.9. The van der Waals surface area contributed by atoms with Gasteiger partial charge in [0.05, 0.1) is 29.4 Å². The number of benzene rings is 2. The number of rotatable bonds is 4. The quantitative estimate of drug-likeness (QED) is 0.582. The van der Waals surface area contributed by atoms with Gasteiger partial charge in [-0.3, -0.25) is 4.79 Å². The average molecular weight is 359 g/mol. The molecule has 1 amide bonds. The van der Waals surface area contributed by atoms with Gasteiger partial charge in [-0.2, -0.15) is 0 Å². The Bertz CT molecular complexity index is 1100. The Kier molecular flexibility index (Phi) is 4.30. The van der Waals surface area contributed by atoms with Gasteiger partial charge in [0.25, 0.3) is 11.6 Å². The van der Waals surface area contributed by atoms with Gasteiger partial charge in [-0.25, -0.2) is 4.98 Å². The number of hydrogen-bond acceptors (Lipinski definition) is 5. The summed E-state index contributed by atoms with van der Waals surface area (Å²) in [6, 6.07) is 18.5. The number of nitrogens with zero attached hydrogens (tertiary/aromatic N) is 2. The number of methoxy groups -OCH3 is 1. The molecule has 1 N–H and O–H groups in total. The van der Waals surface area contributed by atoms with E-state index >= 15 is 0 Å². The number of carbonyl (C=O) groups is 1. The molecule has 4 aromatic rings. The molecular weight excluding hydrogens is 342 g/mol. The standard InChI is InChI=1S/C21H17N3O3/c1-13-19-17(20(25)22-15-6-4-3-5-7-15)12-18(23-21(19)27-24-13)14-8-10-16(26-2)11-9-14/h3-12H,1-2H3,(H,22,25). The molecule has 0 radical (unpaired) electrons. The fourth-order valence-electron chi connectivity index (χ4n) is 2.90. The van der Waals surface area contributed by atoms with E-state index in [1.54, 1.807) is 20.1 Å². The number of aryl methyl sites for hydroxylation is 1. The fraction of sp³-hybridized carbons (Fsp3) is 0.0952. The van der Waals surface area contributed by atoms with Crippen molar-refractivity contribution in [2.24, 2.45) is 0 Å². The van der Waals surface area contributed by atoms with Crippen LogP contribution in [0.4, 0.5) is 5.69 Å². The van der Waals surface area contributed by atoms with Crippen molar-refractivity contribution in [3.05, 3.63) is 71.9 Å². The minimum absolute atomic E-state index is 0.241. The van der Waals surface area contributed by atoms with Crippen molar-refractivity contribution in [1.82, 2.24) is 10.1 Å². The SMILES string of the molecule is COc1ccc(-c2cc(C(=O)Nc3ccccc3)c3c(C)noc3n2)cc1. The van der Waals surface area contributed by atoms with Gasteiger partial charge in [-0.1, -0.05) is 23.4 Å². The first-order valence-corrected chi connectivity index (χ1v) is 8.43. The lowest BCUT2D eigenvalue weighted by atomic mass is 10.0. The lowest BCUT2D eigenvalue weighted by molar-refractivity contribution is 0.102. The van der Waals surface area contributed by atoms with E-state index in [0.717, 1.165) is 11.3 Å². The molecule has 2 heterocycles. The van der Waals surface area contributed by atoms with Gasteiger partial charge in [-0.15, -0.1) is 0 Å². The van der Waals surface area contributed by atoms with E-state index in [1.807, 2.05) is 54.6 Å². The number of para-hydroxylation sites is 1. The van der Waals surface area contributed by atoms with Crippen LogP contribution in [-0.4, -0.2) is 23.2 Å². The highest BCUT2D eigenvalue weighted by molar-refractivity contribution is 6.13. The van der Waals surface area contributed by atoms with Crippen LogP contribution in [0.3, 0.4) is 0 Å². The molecule has 0 spiro atoms. The molecule has 0 saturated heterocycles. The fourth-order valence-corrected chi connectivity index (χ4v) is 2.90. The smallest absolute Gasteiger partial charge is 0.259 e. The number of fused-ring (bicyclic) bond motifs is 1. The van der Waals surface area contributed by atoms with Crippen LogP contribution in [0, 0.1) is 6.92 Å². The van der Waals surface area contributed by atoms with Crippen LogP contribution in [0.5, 0.6) is 5.75 Å². The maximum Gasteiger partial charge on any atom is 0.259 e. The Labute approximate surface area is 155 Å². The first-order chi connectivity index (χ1) is 13.2. The molecule has 0 saturated carbocycles. The average Bonchev–Trinajstić information content (AvgIpc) is 3.09. The van der Waals surface area contributed by atoms with Crippen LogP contribution in [0.15, 0.2) is 65.2 Å². The molecule has 134 valence electrons. The Hall–Kier alpha value is -3.67. The number of pyridine rings is 1. The van der Waals surface area contributed by atoms with E-state index < -0.39 is 0 Å². The van der Waals surface area contributed by atoms with E-state index in [9.17, 15) is 4.79 Å². The number of anilines is 1. The van der Waals surface area contributed by atoms with Crippen LogP contribution in [0.25, 0.3) is 22.4 Å². The largest absolute Gasteiger partial charge is 0.497 e. The van der Waals surface area contributed by atoms with Crippen LogP contribution in [0.1, 0.15) is 16.1 Å². The van der Waals surface area contributed by atoms with Crippen molar-refractivity contribution < 1.29 is 14.1 Å². The molecule has 0 aliphatic heterocycles. The molecule has 2 aromatic heterocycles. The predicted octanol–water partition coefficient (Wildman–Crippen LogP) is 4.46. The summed E-state index contributed by atoms with van der Waals surface area (Å²) in [5, 5.41) is 7.49. The van der Waals surface area contributed by atoms with Crippen molar-refractivity contribution in [2.75, 3.05) is 12.4 Å². The van der Waals surface area contributed by atoms with Gasteiger partial charge < -0.3 is 14.6 Å². The second kappa shape index (κ2) is 6.92. The van der Waals surface area contributed by atoms with Gasteiger partial charge in [0.1, 0.15) is 5.75 Å². The normalized spacial score (nSPS) is 10.7. The maximum atomic E-state index is 12.9. The van der Waals surface area contributed by atoms with Crippen LogP contribution in [0.2, 0.25) is 0 Å². The molecular formula is C21H17N3O3. The van der Waals surface area contributed by atoms with Crippen molar-refractivity contribution in [3.63, 3.8) is 0 Å². The highest BCUT2D eigenvalue weighted by Gasteiger charge is 2.19. The first kappa shape index (κ1) is 16.8. The highest BCUT2D eigenvalue weighted by Crippen LogP contribution is 2.28. The van der Waals surface area contributed by atoms with Crippen LogP contribution >= 0.6 is 0 Å². The summed E-state index contributed by atoms with van der Waals surface area (Å²) in [5.74, 6) is 0.507. The topological polar surface area (TPSA) is 77.2 Å². The molecule has 0 aliphatic carbocycles. The minimum Gasteiger partial charge on any atom is -0.497 e. The third-order valence-electron chi connectivity index (χ3n) is 4.28. The summed E-state index contributed by atoms with van der Waals surface area (Å²) in [5.41, 5.74) is 3.61. The maximum absolute atomic E-state index is 12.9. The van der Waals surface area contributed by atoms with Crippen LogP contribution in [-0.2, 0) is 0 Å². The Morgan fingerprint density at radius 3 is 2.52 bits per heavy atom. The van der Waals surface area contributed by atoms with Gasteiger partial charge in [-0.05, 0) is 49.4 Å². The third kappa shape index (κ3) is 3.25. The summed E-state index contributed by atoms with van der Waals surface area (Å²) in [4.78, 5) is 17.5. The second-order valence-corrected chi connectivity index (χ2v) is 6.05. The zero-order valence-electron chi connectivity index (χ0n) is 14.9. The molecule has 0 unspecified atom stereocenters. The van der Waals surface area contributed by atoms with Gasteiger partial charge in [0, 0.05) is 11.3 Å². The molecule has 0 aliphatic rings. The number of carbonyl (C=O) groups excluding carboxylic acids is 1. The predicted molar refractivity (Wildman–Crippen MR) is 103 cm³/mol. The minimum atomic E-state index is -0.241. The second-order valence-electron chi connectivity index (χ2n) is 6.05. The van der Waals surface area contributed by atoms with Crippen molar-refractivity contribution in [3.8, 4) is 17.0 Å². The molecule has 27 heavy (non-hydrogen) atoms. The van der Waals surface area contributed by atoms with Gasteiger partial charge >= 0.3 is 0 Å². The molecule has 6 nitrogen and oxygen atoms in total. The Morgan fingerprint density at radius 1 is 1.07 bits per heavy atom. The molecule has 0 bridgehead atoms. The van der Waals surface area contributed by atoms with Crippen LogP contribution < -0.4 is 10.1 Å². The zero-order chi connectivity index (χ0) is 18.8. The Morgan fingerprint density at radius 2 is 1.81 bits per heavy atom. The summed E-state index contributed by atoms with van der Waals surface area (Å²) in [6.45, 7) is 1.79. The number of nitrogens with one attached hydrogen (secondary N) is 1. The van der Waals surface area contributed by atoms with Crippen molar-refractivity contribution in [1.29, 1.82) is 0 Å². The third-order valence-corrected chi connectivity index (χ3v) is 4.28. The Balaban J connectivity index is 1.80. The summed E-state index contributed by atoms with van der Waals surface area (Å²) in [7, 11) is 1.61. The van der Waals surface area contributed by atoms with E-state index in [1.165, 1.54) is 0 Å². The number of ether oxygens (including phenoxy) is 1. The summed E-state index contributed by atoms with van der Waals surface area (Å²) < 4.78 is 10.5. The number of aromatic nitrogens is 2. The molecule has 0 atom stereocenters. The number of hydrogen-bond donors (Lipinski definition) is 1. The lowest BCUT2D eigenvalue weighted by Gasteiger charge is -2.09. The number of amides is 1. The highest BCUT2D eigenvalue weighted by atomic mass is 16.5. The summed E-state index contributed by atoms with van der Waals surface area (Å²) >= 11 is 0. The summed E-state index contributed by atoms with van der Waals surface area (Å²) in [6.07, 6.45) is 0. The van der Waals surface area contributed by atoms with Gasteiger partial charge in [0.15, 0.2) is 0 Å². The molecule has 4 rings (SSSR count). The van der Waals surface area contributed by atoms with Crippen molar-refractivity contribution >= 4 is 22.7 Å². The first-order valence-electron chi connectivity index (χ1n) is 8.43.